The molecule has 1 fully saturated rings. The summed E-state index contributed by atoms with van der Waals surface area (Å²) in [6.45, 7) is 1.99. The molecule has 5 rings (SSSR count). The zero-order valence-electron chi connectivity index (χ0n) is 17.4. The van der Waals surface area contributed by atoms with Crippen molar-refractivity contribution in [2.45, 2.75) is 5.03 Å². The Kier molecular flexibility index (Phi) is 6.34. The van der Waals surface area contributed by atoms with Crippen LogP contribution >= 0.6 is 34.7 Å². The first-order chi connectivity index (χ1) is 16.1. The lowest BCUT2D eigenvalue weighted by molar-refractivity contribution is -0.129. The maximum atomic E-state index is 12.8. The molecule has 0 unspecified atom stereocenters. The number of nitrogens with zero attached hydrogens (tertiary/aromatic N) is 4. The van der Waals surface area contributed by atoms with Crippen molar-refractivity contribution in [2.75, 3.05) is 31.9 Å². The number of hydrogen-bond donors (Lipinski definition) is 0. The summed E-state index contributed by atoms with van der Waals surface area (Å²) in [7, 11) is 0. The van der Waals surface area contributed by atoms with Gasteiger partial charge in [-0.3, -0.25) is 9.59 Å². The molecule has 4 aromatic rings. The highest BCUT2D eigenvalue weighted by Crippen LogP contribution is 2.37. The minimum absolute atomic E-state index is 0.0336. The summed E-state index contributed by atoms with van der Waals surface area (Å²) in [6.07, 6.45) is 3.02. The van der Waals surface area contributed by atoms with Gasteiger partial charge < -0.3 is 14.2 Å². The van der Waals surface area contributed by atoms with E-state index in [0.717, 1.165) is 25.7 Å². The molecule has 0 atom stereocenters. The van der Waals surface area contributed by atoms with Crippen molar-refractivity contribution < 1.29 is 14.0 Å². The van der Waals surface area contributed by atoms with Crippen LogP contribution in [0.1, 0.15) is 10.6 Å². The van der Waals surface area contributed by atoms with Gasteiger partial charge in [0, 0.05) is 36.1 Å². The molecule has 10 heteroatoms. The summed E-state index contributed by atoms with van der Waals surface area (Å²) in [5.74, 6) is 0.504. The van der Waals surface area contributed by atoms with Gasteiger partial charge in [-0.15, -0.1) is 11.3 Å². The van der Waals surface area contributed by atoms with Crippen molar-refractivity contribution in [3.8, 4) is 10.4 Å². The Morgan fingerprint density at radius 2 is 1.82 bits per heavy atom. The standard InChI is InChI=1S/C23H19ClN4O3S2/c24-16-5-3-15(4-6-16)19-12-17-21(33-19)22(26-14-25-17)32-13-20(29)27-7-9-28(10-8-27)23(30)18-2-1-11-31-18/h1-6,11-12,14H,7-10,13H2. The lowest BCUT2D eigenvalue weighted by Gasteiger charge is -2.34. The molecule has 7 nitrogen and oxygen atoms in total. The van der Waals surface area contributed by atoms with E-state index in [9.17, 15) is 9.59 Å². The summed E-state index contributed by atoms with van der Waals surface area (Å²) in [6, 6.07) is 13.1. The number of thioether (sulfide) groups is 1. The lowest BCUT2D eigenvalue weighted by atomic mass is 10.2. The van der Waals surface area contributed by atoms with E-state index in [-0.39, 0.29) is 17.6 Å². The fraction of sp³-hybridized carbons (Fsp3) is 0.217. The van der Waals surface area contributed by atoms with E-state index < -0.39 is 0 Å². The average Bonchev–Trinajstić information content (AvgIpc) is 3.53. The van der Waals surface area contributed by atoms with E-state index in [0.29, 0.717) is 37.0 Å². The number of carbonyl (C=O) groups excluding carboxylic acids is 2. The van der Waals surface area contributed by atoms with Crippen molar-refractivity contribution in [3.05, 3.63) is 65.8 Å². The molecule has 168 valence electrons. The molecule has 0 radical (unpaired) electrons. The van der Waals surface area contributed by atoms with Gasteiger partial charge in [-0.25, -0.2) is 9.97 Å². The van der Waals surface area contributed by atoms with Gasteiger partial charge >= 0.3 is 0 Å². The van der Waals surface area contributed by atoms with Gasteiger partial charge in [0.05, 0.1) is 22.2 Å². The number of aromatic nitrogens is 2. The first kappa shape index (κ1) is 21.9. The fourth-order valence-electron chi connectivity index (χ4n) is 3.63. The van der Waals surface area contributed by atoms with Crippen LogP contribution < -0.4 is 0 Å². The number of halogens is 1. The molecule has 0 N–H and O–H groups in total. The molecular weight excluding hydrogens is 480 g/mol. The van der Waals surface area contributed by atoms with Crippen LogP contribution in [0.25, 0.3) is 20.7 Å². The number of carbonyl (C=O) groups is 2. The Bertz CT molecular complexity index is 1280. The molecule has 0 bridgehead atoms. The minimum Gasteiger partial charge on any atom is -0.459 e. The third-order valence-electron chi connectivity index (χ3n) is 5.39. The van der Waals surface area contributed by atoms with Crippen LogP contribution in [-0.2, 0) is 4.79 Å². The molecule has 0 spiro atoms. The monoisotopic (exact) mass is 498 g/mol. The number of amides is 2. The maximum absolute atomic E-state index is 12.8. The summed E-state index contributed by atoms with van der Waals surface area (Å²) < 4.78 is 6.16. The number of rotatable bonds is 5. The molecule has 2 amide bonds. The van der Waals surface area contributed by atoms with Crippen LogP contribution in [0.15, 0.2) is 64.5 Å². The van der Waals surface area contributed by atoms with E-state index in [4.69, 9.17) is 16.0 Å². The summed E-state index contributed by atoms with van der Waals surface area (Å²) in [4.78, 5) is 38.6. The smallest absolute Gasteiger partial charge is 0.289 e. The minimum atomic E-state index is -0.140. The number of thiophene rings is 1. The van der Waals surface area contributed by atoms with E-state index in [1.807, 2.05) is 30.3 Å². The van der Waals surface area contributed by atoms with Gasteiger partial charge in [0.2, 0.25) is 5.91 Å². The Hall–Kier alpha value is -2.88. The number of benzene rings is 1. The average molecular weight is 499 g/mol. The van der Waals surface area contributed by atoms with Crippen LogP contribution in [0.5, 0.6) is 0 Å². The topological polar surface area (TPSA) is 79.5 Å². The summed E-state index contributed by atoms with van der Waals surface area (Å²) >= 11 is 9.03. The second-order valence-electron chi connectivity index (χ2n) is 7.45. The predicted octanol–water partition coefficient (Wildman–Crippen LogP) is 4.68. The zero-order valence-corrected chi connectivity index (χ0v) is 19.8. The number of fused-ring (bicyclic) bond motifs is 1. The highest BCUT2D eigenvalue weighted by molar-refractivity contribution is 8.00. The second-order valence-corrected chi connectivity index (χ2v) is 9.90. The Balaban J connectivity index is 1.21. The quantitative estimate of drug-likeness (QED) is 0.293. The van der Waals surface area contributed by atoms with E-state index >= 15 is 0 Å². The van der Waals surface area contributed by atoms with Crippen LogP contribution in [0.4, 0.5) is 0 Å². The maximum Gasteiger partial charge on any atom is 0.289 e. The van der Waals surface area contributed by atoms with Crippen molar-refractivity contribution in [1.82, 2.24) is 19.8 Å². The summed E-state index contributed by atoms with van der Waals surface area (Å²) in [5, 5.41) is 1.49. The summed E-state index contributed by atoms with van der Waals surface area (Å²) in [5.41, 5.74) is 1.93. The third-order valence-corrected chi connectivity index (χ3v) is 7.93. The number of furan rings is 1. The van der Waals surface area contributed by atoms with Crippen LogP contribution in [-0.4, -0.2) is 63.5 Å². The van der Waals surface area contributed by atoms with Crippen molar-refractivity contribution in [3.63, 3.8) is 0 Å². The molecular formula is C23H19ClN4O3S2. The molecule has 1 aromatic carbocycles. The van der Waals surface area contributed by atoms with Gasteiger partial charge in [-0.1, -0.05) is 35.5 Å². The normalized spacial score (nSPS) is 14.1. The van der Waals surface area contributed by atoms with Crippen LogP contribution in [0.3, 0.4) is 0 Å². The molecule has 0 aliphatic carbocycles. The van der Waals surface area contributed by atoms with Gasteiger partial charge in [-0.2, -0.15) is 0 Å². The van der Waals surface area contributed by atoms with E-state index in [1.165, 1.54) is 24.4 Å². The highest BCUT2D eigenvalue weighted by atomic mass is 35.5. The van der Waals surface area contributed by atoms with Crippen molar-refractivity contribution in [2.24, 2.45) is 0 Å². The van der Waals surface area contributed by atoms with Gasteiger partial charge in [-0.05, 0) is 35.9 Å². The van der Waals surface area contributed by atoms with Crippen LogP contribution in [0, 0.1) is 0 Å². The fourth-order valence-corrected chi connectivity index (χ4v) is 5.86. The van der Waals surface area contributed by atoms with E-state index in [1.54, 1.807) is 33.3 Å². The van der Waals surface area contributed by atoms with Crippen LogP contribution in [0.2, 0.25) is 5.02 Å². The first-order valence-corrected chi connectivity index (χ1v) is 12.5. The third kappa shape index (κ3) is 4.75. The van der Waals surface area contributed by atoms with Crippen molar-refractivity contribution in [1.29, 1.82) is 0 Å². The number of piperazine rings is 1. The Labute approximate surface area is 203 Å². The zero-order chi connectivity index (χ0) is 22.8. The lowest BCUT2D eigenvalue weighted by Crippen LogP contribution is -2.51. The molecule has 0 saturated carbocycles. The van der Waals surface area contributed by atoms with Gasteiger partial charge in [0.15, 0.2) is 5.76 Å². The molecule has 1 aliphatic heterocycles. The Morgan fingerprint density at radius 1 is 1.06 bits per heavy atom. The molecule has 3 aromatic heterocycles. The number of hydrogen-bond acceptors (Lipinski definition) is 7. The first-order valence-electron chi connectivity index (χ1n) is 10.3. The Morgan fingerprint density at radius 3 is 2.55 bits per heavy atom. The van der Waals surface area contributed by atoms with E-state index in [2.05, 4.69) is 9.97 Å². The van der Waals surface area contributed by atoms with Crippen molar-refractivity contribution >= 4 is 56.7 Å². The highest BCUT2D eigenvalue weighted by Gasteiger charge is 2.26. The molecule has 1 aliphatic rings. The SMILES string of the molecule is O=C(CSc1ncnc2cc(-c3ccc(Cl)cc3)sc12)N1CCN(C(=O)c2ccco2)CC1. The van der Waals surface area contributed by atoms with Gasteiger partial charge in [0.1, 0.15) is 11.4 Å². The predicted molar refractivity (Wildman–Crippen MR) is 130 cm³/mol. The van der Waals surface area contributed by atoms with Gasteiger partial charge in [0.25, 0.3) is 5.91 Å². The second kappa shape index (κ2) is 9.54. The molecule has 33 heavy (non-hydrogen) atoms. The molecule has 4 heterocycles. The largest absolute Gasteiger partial charge is 0.459 e. The molecule has 1 saturated heterocycles.